The molecule has 0 radical (unpaired) electrons. The molecular weight excluding hydrogens is 134 g/mol. The third-order valence-corrected chi connectivity index (χ3v) is 0.911. The number of hydrogen-bond donors (Lipinski definition) is 1. The Morgan fingerprint density at radius 3 is 1.09 bits per heavy atom. The van der Waals surface area contributed by atoms with Crippen molar-refractivity contribution in [1.29, 1.82) is 0 Å². The molecule has 0 aromatic heterocycles. The molecule has 0 aliphatic rings. The van der Waals surface area contributed by atoms with Gasteiger partial charge < -0.3 is 5.73 Å². The first-order valence-corrected chi connectivity index (χ1v) is 4.76. The molecule has 0 aromatic rings. The fourth-order valence-electron chi connectivity index (χ4n) is 0. The second-order valence-corrected chi connectivity index (χ2v) is 3.05. The van der Waals surface area contributed by atoms with Crippen LogP contribution in [0, 0.1) is 0 Å². The van der Waals surface area contributed by atoms with E-state index in [1.54, 1.807) is 0 Å². The molecule has 0 aliphatic heterocycles. The van der Waals surface area contributed by atoms with Crippen LogP contribution in [-0.2, 0) is 0 Å². The van der Waals surface area contributed by atoms with E-state index in [1.807, 2.05) is 27.7 Å². The van der Waals surface area contributed by atoms with Gasteiger partial charge in [-0.1, -0.05) is 41.0 Å². The predicted octanol–water partition coefficient (Wildman–Crippen LogP) is 3.58. The zero-order chi connectivity index (χ0) is 9.91. The summed E-state index contributed by atoms with van der Waals surface area (Å²) < 4.78 is 0. The Kier molecular flexibility index (Phi) is 19.7. The van der Waals surface area contributed by atoms with Gasteiger partial charge in [-0.25, -0.2) is 0 Å². The van der Waals surface area contributed by atoms with Crippen molar-refractivity contribution in [3.63, 3.8) is 0 Å². The molecule has 72 valence electrons. The van der Waals surface area contributed by atoms with Gasteiger partial charge in [0.15, 0.2) is 0 Å². The molecule has 11 heavy (non-hydrogen) atoms. The minimum Gasteiger partial charge on any atom is -0.326 e. The quantitative estimate of drug-likeness (QED) is 0.625. The number of hydrogen-bond acceptors (Lipinski definition) is 1. The van der Waals surface area contributed by atoms with E-state index in [1.165, 1.54) is 6.42 Å². The van der Waals surface area contributed by atoms with Gasteiger partial charge >= 0.3 is 0 Å². The molecule has 0 heterocycles. The van der Waals surface area contributed by atoms with Crippen molar-refractivity contribution in [2.24, 2.45) is 5.73 Å². The Morgan fingerprint density at radius 2 is 1.09 bits per heavy atom. The SMILES string of the molecule is CC.CCC.CCC(C)(C)N. The Labute approximate surface area is 73.4 Å². The highest BCUT2D eigenvalue weighted by Crippen LogP contribution is 1.99. The molecular formula is C10H27N. The Bertz CT molecular complexity index is 43.3. The topological polar surface area (TPSA) is 26.0 Å². The van der Waals surface area contributed by atoms with Crippen LogP contribution in [0.2, 0.25) is 0 Å². The molecule has 2 N–H and O–H groups in total. The third kappa shape index (κ3) is 72.0. The van der Waals surface area contributed by atoms with Gasteiger partial charge in [0.25, 0.3) is 0 Å². The van der Waals surface area contributed by atoms with Gasteiger partial charge in [-0.3, -0.25) is 0 Å². The van der Waals surface area contributed by atoms with Crippen LogP contribution in [0.4, 0.5) is 0 Å². The van der Waals surface area contributed by atoms with Crippen LogP contribution in [0.25, 0.3) is 0 Å². The van der Waals surface area contributed by atoms with Gasteiger partial charge in [0, 0.05) is 5.54 Å². The van der Waals surface area contributed by atoms with Crippen LogP contribution in [0.15, 0.2) is 0 Å². The lowest BCUT2D eigenvalue weighted by Crippen LogP contribution is -2.30. The summed E-state index contributed by atoms with van der Waals surface area (Å²) >= 11 is 0. The highest BCUT2D eigenvalue weighted by atomic mass is 14.7. The van der Waals surface area contributed by atoms with Crippen molar-refractivity contribution in [1.82, 2.24) is 0 Å². The van der Waals surface area contributed by atoms with E-state index in [2.05, 4.69) is 20.8 Å². The third-order valence-electron chi connectivity index (χ3n) is 0.911. The molecule has 0 saturated heterocycles. The fourth-order valence-corrected chi connectivity index (χ4v) is 0. The van der Waals surface area contributed by atoms with Crippen molar-refractivity contribution >= 4 is 0 Å². The Hall–Kier alpha value is -0.0400. The number of rotatable bonds is 1. The molecule has 0 rings (SSSR count). The van der Waals surface area contributed by atoms with Gasteiger partial charge in [-0.05, 0) is 20.3 Å². The van der Waals surface area contributed by atoms with Crippen molar-refractivity contribution in [2.75, 3.05) is 0 Å². The maximum Gasteiger partial charge on any atom is 0.00944 e. The minimum atomic E-state index is 0.0417. The summed E-state index contributed by atoms with van der Waals surface area (Å²) in [5, 5.41) is 0. The molecule has 0 aromatic carbocycles. The first kappa shape index (κ1) is 17.2. The summed E-state index contributed by atoms with van der Waals surface area (Å²) in [5.41, 5.74) is 5.58. The normalized spacial score (nSPS) is 8.73. The molecule has 1 nitrogen and oxygen atoms in total. The zero-order valence-corrected chi connectivity index (χ0v) is 9.49. The van der Waals surface area contributed by atoms with Crippen LogP contribution < -0.4 is 5.73 Å². The van der Waals surface area contributed by atoms with Crippen LogP contribution in [0.1, 0.15) is 61.3 Å². The summed E-state index contributed by atoms with van der Waals surface area (Å²) in [4.78, 5) is 0. The molecule has 0 unspecified atom stereocenters. The largest absolute Gasteiger partial charge is 0.326 e. The van der Waals surface area contributed by atoms with E-state index in [0.29, 0.717) is 0 Å². The predicted molar refractivity (Wildman–Crippen MR) is 55.9 cm³/mol. The molecule has 0 fully saturated rings. The minimum absolute atomic E-state index is 0.0417. The van der Waals surface area contributed by atoms with Crippen molar-refractivity contribution in [2.45, 2.75) is 66.8 Å². The highest BCUT2D eigenvalue weighted by molar-refractivity contribution is 4.66. The maximum atomic E-state index is 5.53. The summed E-state index contributed by atoms with van der Waals surface area (Å²) in [6.07, 6.45) is 2.30. The second-order valence-electron chi connectivity index (χ2n) is 3.05. The molecule has 0 saturated carbocycles. The average molecular weight is 161 g/mol. The Balaban J connectivity index is -0.000000109. The standard InChI is InChI=1S/C5H13N.C3H8.C2H6/c1-4-5(2,3)6;1-3-2;1-2/h4,6H2,1-3H3;3H2,1-2H3;1-2H3. The summed E-state index contributed by atoms with van der Waals surface area (Å²) in [6, 6.07) is 0. The van der Waals surface area contributed by atoms with Crippen molar-refractivity contribution < 1.29 is 0 Å². The van der Waals surface area contributed by atoms with Crippen molar-refractivity contribution in [3.8, 4) is 0 Å². The molecule has 0 spiro atoms. The van der Waals surface area contributed by atoms with Gasteiger partial charge in [-0.2, -0.15) is 0 Å². The van der Waals surface area contributed by atoms with E-state index in [9.17, 15) is 0 Å². The Morgan fingerprint density at radius 1 is 1.00 bits per heavy atom. The molecule has 0 amide bonds. The van der Waals surface area contributed by atoms with Gasteiger partial charge in [-0.15, -0.1) is 0 Å². The zero-order valence-electron chi connectivity index (χ0n) is 9.49. The van der Waals surface area contributed by atoms with Crippen LogP contribution in [-0.4, -0.2) is 5.54 Å². The monoisotopic (exact) mass is 161 g/mol. The van der Waals surface area contributed by atoms with Gasteiger partial charge in [0.1, 0.15) is 0 Å². The van der Waals surface area contributed by atoms with Crippen LogP contribution in [0.3, 0.4) is 0 Å². The smallest absolute Gasteiger partial charge is 0.00944 e. The fraction of sp³-hybridized carbons (Fsp3) is 1.00. The summed E-state index contributed by atoms with van der Waals surface area (Å²) in [5.74, 6) is 0. The summed E-state index contributed by atoms with van der Waals surface area (Å²) in [6.45, 7) is 14.4. The molecule has 0 bridgehead atoms. The van der Waals surface area contributed by atoms with E-state index in [-0.39, 0.29) is 5.54 Å². The van der Waals surface area contributed by atoms with Crippen LogP contribution in [0.5, 0.6) is 0 Å². The summed E-state index contributed by atoms with van der Waals surface area (Å²) in [7, 11) is 0. The highest BCUT2D eigenvalue weighted by Gasteiger charge is 2.03. The van der Waals surface area contributed by atoms with Gasteiger partial charge in [0.05, 0.1) is 0 Å². The first-order valence-electron chi connectivity index (χ1n) is 4.76. The lowest BCUT2D eigenvalue weighted by atomic mass is 10.1. The van der Waals surface area contributed by atoms with Crippen LogP contribution >= 0.6 is 0 Å². The average Bonchev–Trinajstić information content (AvgIpc) is 1.93. The second kappa shape index (κ2) is 12.6. The molecule has 0 aliphatic carbocycles. The van der Waals surface area contributed by atoms with E-state index in [4.69, 9.17) is 5.73 Å². The first-order chi connectivity index (χ1) is 4.97. The van der Waals surface area contributed by atoms with Gasteiger partial charge in [0.2, 0.25) is 0 Å². The maximum absolute atomic E-state index is 5.53. The van der Waals surface area contributed by atoms with E-state index < -0.39 is 0 Å². The van der Waals surface area contributed by atoms with E-state index in [0.717, 1.165) is 6.42 Å². The lowest BCUT2D eigenvalue weighted by molar-refractivity contribution is 0.501. The lowest BCUT2D eigenvalue weighted by Gasteiger charge is -2.13. The number of nitrogens with two attached hydrogens (primary N) is 1. The molecule has 1 heteroatoms. The van der Waals surface area contributed by atoms with Crippen molar-refractivity contribution in [3.05, 3.63) is 0 Å². The van der Waals surface area contributed by atoms with E-state index >= 15 is 0 Å². The molecule has 0 atom stereocenters.